The molecule has 1 N–H and O–H groups in total. The van der Waals surface area contributed by atoms with E-state index in [1.165, 1.54) is 0 Å². The van der Waals surface area contributed by atoms with E-state index >= 15 is 0 Å². The molecule has 1 aliphatic rings. The first kappa shape index (κ1) is 18.9. The molecule has 1 saturated heterocycles. The Morgan fingerprint density at radius 3 is 2.63 bits per heavy atom. The van der Waals surface area contributed by atoms with E-state index in [1.807, 2.05) is 43.6 Å². The predicted octanol–water partition coefficient (Wildman–Crippen LogP) is 2.64. The molecule has 144 valence electrons. The topological polar surface area (TPSA) is 76.5 Å². The molecule has 2 heterocycles. The lowest BCUT2D eigenvalue weighted by atomic mass is 9.72. The summed E-state index contributed by atoms with van der Waals surface area (Å²) < 4.78 is 6.93. The third-order valence-corrected chi connectivity index (χ3v) is 4.87. The lowest BCUT2D eigenvalue weighted by Gasteiger charge is -2.54. The van der Waals surface area contributed by atoms with Gasteiger partial charge in [0, 0.05) is 30.8 Å². The first-order valence-corrected chi connectivity index (χ1v) is 9.04. The van der Waals surface area contributed by atoms with Gasteiger partial charge >= 0.3 is 6.09 Å². The maximum absolute atomic E-state index is 12.8. The van der Waals surface area contributed by atoms with E-state index in [9.17, 15) is 9.59 Å². The molecule has 7 heteroatoms. The minimum absolute atomic E-state index is 0.0355. The van der Waals surface area contributed by atoms with Crippen molar-refractivity contribution in [3.05, 3.63) is 53.9 Å². The Hall–Kier alpha value is -2.83. The monoisotopic (exact) mass is 370 g/mol. The van der Waals surface area contributed by atoms with Gasteiger partial charge in [-0.05, 0) is 12.5 Å². The van der Waals surface area contributed by atoms with Crippen molar-refractivity contribution in [3.63, 3.8) is 0 Å². The van der Waals surface area contributed by atoms with E-state index in [1.54, 1.807) is 22.7 Å². The molecule has 0 radical (unpaired) electrons. The van der Waals surface area contributed by atoms with E-state index in [4.69, 9.17) is 4.74 Å². The van der Waals surface area contributed by atoms with Gasteiger partial charge in [-0.25, -0.2) is 4.79 Å². The van der Waals surface area contributed by atoms with E-state index in [0.29, 0.717) is 6.54 Å². The molecule has 1 unspecified atom stereocenters. The highest BCUT2D eigenvalue weighted by Gasteiger charge is 2.50. The number of benzene rings is 1. The molecule has 0 spiro atoms. The van der Waals surface area contributed by atoms with Crippen molar-refractivity contribution < 1.29 is 14.3 Å². The molecule has 0 aliphatic carbocycles. The summed E-state index contributed by atoms with van der Waals surface area (Å²) >= 11 is 0. The van der Waals surface area contributed by atoms with Crippen LogP contribution in [0.15, 0.2) is 42.7 Å². The molecule has 1 aliphatic heterocycles. The van der Waals surface area contributed by atoms with Gasteiger partial charge in [0.25, 0.3) is 0 Å². The fraction of sp³-hybridized carbons (Fsp3) is 0.450. The number of carbonyl (C=O) groups excluding carboxylic acids is 2. The van der Waals surface area contributed by atoms with Crippen LogP contribution >= 0.6 is 0 Å². The van der Waals surface area contributed by atoms with Crippen LogP contribution in [0.1, 0.15) is 37.9 Å². The van der Waals surface area contributed by atoms with Crippen LogP contribution in [0.5, 0.6) is 0 Å². The van der Waals surface area contributed by atoms with Gasteiger partial charge in [-0.15, -0.1) is 0 Å². The van der Waals surface area contributed by atoms with Crippen LogP contribution in [0.2, 0.25) is 0 Å². The maximum atomic E-state index is 12.8. The van der Waals surface area contributed by atoms with Crippen LogP contribution in [-0.4, -0.2) is 39.3 Å². The van der Waals surface area contributed by atoms with E-state index in [-0.39, 0.29) is 24.0 Å². The van der Waals surface area contributed by atoms with Crippen molar-refractivity contribution in [2.75, 3.05) is 6.54 Å². The molecule has 1 fully saturated rings. The third-order valence-electron chi connectivity index (χ3n) is 4.87. The van der Waals surface area contributed by atoms with Gasteiger partial charge in [-0.1, -0.05) is 44.2 Å². The summed E-state index contributed by atoms with van der Waals surface area (Å²) in [6, 6.07) is 8.70. The van der Waals surface area contributed by atoms with E-state index < -0.39 is 12.1 Å². The van der Waals surface area contributed by atoms with E-state index in [2.05, 4.69) is 24.3 Å². The number of rotatable bonds is 5. The molecule has 2 amide bonds. The standard InChI is InChI=1S/C20H26N4O3/c1-14(22-19(26)27-12-15-8-6-5-7-9-15)18(25)24-13-20(2,3)17(24)16-10-21-23(4)11-16/h5-11,14,17H,12-13H2,1-4H3,(H,22,26)/t14-,17?/m0/s1. The lowest BCUT2D eigenvalue weighted by Crippen LogP contribution is -2.61. The fourth-order valence-electron chi connectivity index (χ4n) is 3.60. The SMILES string of the molecule is C[C@H](NC(=O)OCc1ccccc1)C(=O)N1CC(C)(C)C1c1cnn(C)c1. The molecule has 1 aromatic heterocycles. The van der Waals surface area contributed by atoms with Gasteiger partial charge in [0.15, 0.2) is 0 Å². The largest absolute Gasteiger partial charge is 0.445 e. The van der Waals surface area contributed by atoms with Crippen LogP contribution < -0.4 is 5.32 Å². The third kappa shape index (κ3) is 4.13. The number of aromatic nitrogens is 2. The molecular weight excluding hydrogens is 344 g/mol. The smallest absolute Gasteiger partial charge is 0.408 e. The zero-order valence-electron chi connectivity index (χ0n) is 16.2. The van der Waals surface area contributed by atoms with Crippen molar-refractivity contribution in [1.29, 1.82) is 0 Å². The highest BCUT2D eigenvalue weighted by atomic mass is 16.5. The second-order valence-corrected chi connectivity index (χ2v) is 7.73. The molecule has 2 aromatic rings. The molecule has 0 saturated carbocycles. The Morgan fingerprint density at radius 2 is 2.04 bits per heavy atom. The summed E-state index contributed by atoms with van der Waals surface area (Å²) in [5.41, 5.74) is 1.86. The number of nitrogens with zero attached hydrogens (tertiary/aromatic N) is 3. The molecule has 27 heavy (non-hydrogen) atoms. The van der Waals surface area contributed by atoms with Crippen molar-refractivity contribution in [2.45, 2.75) is 39.5 Å². The van der Waals surface area contributed by atoms with Crippen molar-refractivity contribution in [2.24, 2.45) is 12.5 Å². The van der Waals surface area contributed by atoms with Crippen LogP contribution in [0.25, 0.3) is 0 Å². The van der Waals surface area contributed by atoms with Crippen LogP contribution in [0, 0.1) is 5.41 Å². The van der Waals surface area contributed by atoms with Crippen LogP contribution in [0.3, 0.4) is 0 Å². The average Bonchev–Trinajstić information content (AvgIpc) is 3.03. The summed E-state index contributed by atoms with van der Waals surface area (Å²) in [5, 5.41) is 6.84. The first-order chi connectivity index (χ1) is 12.8. The molecular formula is C20H26N4O3. The molecule has 7 nitrogen and oxygen atoms in total. The number of hydrogen-bond donors (Lipinski definition) is 1. The molecule has 1 aromatic carbocycles. The lowest BCUT2D eigenvalue weighted by molar-refractivity contribution is -0.154. The van der Waals surface area contributed by atoms with Crippen LogP contribution in [0.4, 0.5) is 4.79 Å². The highest BCUT2D eigenvalue weighted by molar-refractivity contribution is 5.86. The number of aryl methyl sites for hydroxylation is 1. The summed E-state index contributed by atoms with van der Waals surface area (Å²) in [6.07, 6.45) is 3.12. The number of amides is 2. The van der Waals surface area contributed by atoms with Gasteiger partial charge in [0.05, 0.1) is 12.2 Å². The highest BCUT2D eigenvalue weighted by Crippen LogP contribution is 2.48. The number of nitrogens with one attached hydrogen (secondary N) is 1. The normalized spacial score (nSPS) is 19.1. The Bertz CT molecular complexity index is 816. The Balaban J connectivity index is 1.57. The molecule has 2 atom stereocenters. The second kappa shape index (κ2) is 7.42. The van der Waals surface area contributed by atoms with E-state index in [0.717, 1.165) is 11.1 Å². The predicted molar refractivity (Wildman–Crippen MR) is 101 cm³/mol. The van der Waals surface area contributed by atoms with Gasteiger partial charge in [-0.3, -0.25) is 9.48 Å². The average molecular weight is 370 g/mol. The summed E-state index contributed by atoms with van der Waals surface area (Å²) in [6.45, 7) is 6.73. The zero-order valence-corrected chi connectivity index (χ0v) is 16.2. The van der Waals surface area contributed by atoms with Gasteiger partial charge < -0.3 is 15.0 Å². The van der Waals surface area contributed by atoms with Crippen molar-refractivity contribution in [1.82, 2.24) is 20.0 Å². The Morgan fingerprint density at radius 1 is 1.33 bits per heavy atom. The number of likely N-dealkylation sites (tertiary alicyclic amines) is 1. The van der Waals surface area contributed by atoms with Gasteiger partial charge in [0.2, 0.25) is 5.91 Å². The Labute approximate surface area is 159 Å². The number of hydrogen-bond acceptors (Lipinski definition) is 4. The fourth-order valence-corrected chi connectivity index (χ4v) is 3.60. The van der Waals surface area contributed by atoms with Crippen molar-refractivity contribution in [3.8, 4) is 0 Å². The Kier molecular flexibility index (Phi) is 5.21. The number of carbonyl (C=O) groups is 2. The number of alkyl carbamates (subject to hydrolysis) is 1. The maximum Gasteiger partial charge on any atom is 0.408 e. The van der Waals surface area contributed by atoms with Gasteiger partial charge in [0.1, 0.15) is 12.6 Å². The van der Waals surface area contributed by atoms with Crippen molar-refractivity contribution >= 4 is 12.0 Å². The minimum atomic E-state index is -0.663. The zero-order chi connectivity index (χ0) is 19.6. The van der Waals surface area contributed by atoms with Gasteiger partial charge in [-0.2, -0.15) is 5.10 Å². The van der Waals surface area contributed by atoms with Crippen LogP contribution in [-0.2, 0) is 23.2 Å². The summed E-state index contributed by atoms with van der Waals surface area (Å²) in [4.78, 5) is 26.7. The first-order valence-electron chi connectivity index (χ1n) is 9.04. The summed E-state index contributed by atoms with van der Waals surface area (Å²) in [7, 11) is 1.86. The quantitative estimate of drug-likeness (QED) is 0.878. The molecule has 3 rings (SSSR count). The number of ether oxygens (including phenoxy) is 1. The molecule has 0 bridgehead atoms. The summed E-state index contributed by atoms with van der Waals surface area (Å²) in [5.74, 6) is -0.125. The second-order valence-electron chi connectivity index (χ2n) is 7.73. The minimum Gasteiger partial charge on any atom is -0.445 e.